The second-order valence-corrected chi connectivity index (χ2v) is 1.98. The van der Waals surface area contributed by atoms with E-state index in [4.69, 9.17) is 0 Å². The second kappa shape index (κ2) is 1.74. The molecule has 46 valence electrons. The number of hydrogen-bond acceptors (Lipinski definition) is 3. The molecule has 1 fully saturated rings. The lowest BCUT2D eigenvalue weighted by Crippen LogP contribution is -2.11. The summed E-state index contributed by atoms with van der Waals surface area (Å²) >= 11 is 0. The van der Waals surface area contributed by atoms with E-state index in [1.165, 1.54) is 7.11 Å². The highest BCUT2D eigenvalue weighted by Crippen LogP contribution is 2.13. The van der Waals surface area contributed by atoms with E-state index in [0.717, 1.165) is 6.54 Å². The Balaban J connectivity index is 2.28. The van der Waals surface area contributed by atoms with Crippen molar-refractivity contribution in [2.75, 3.05) is 20.7 Å². The average molecular weight is 115 g/mol. The highest BCUT2D eigenvalue weighted by atomic mass is 16.5. The van der Waals surface area contributed by atoms with Crippen molar-refractivity contribution in [2.24, 2.45) is 0 Å². The van der Waals surface area contributed by atoms with Crippen LogP contribution < -0.4 is 0 Å². The zero-order chi connectivity index (χ0) is 6.15. The Morgan fingerprint density at radius 3 is 2.50 bits per heavy atom. The molecule has 0 aromatic rings. The summed E-state index contributed by atoms with van der Waals surface area (Å²) in [6.07, 6.45) is 0. The summed E-state index contributed by atoms with van der Waals surface area (Å²) in [4.78, 5) is 12.4. The Kier molecular flexibility index (Phi) is 1.21. The number of rotatable bonds is 1. The van der Waals surface area contributed by atoms with Crippen molar-refractivity contribution in [3.63, 3.8) is 0 Å². The molecule has 3 heteroatoms. The Hall–Kier alpha value is -0.570. The Morgan fingerprint density at radius 1 is 1.88 bits per heavy atom. The lowest BCUT2D eigenvalue weighted by atomic mass is 10.5. The van der Waals surface area contributed by atoms with Gasteiger partial charge in [0, 0.05) is 6.54 Å². The number of nitrogens with zero attached hydrogens (tertiary/aromatic N) is 1. The maximum atomic E-state index is 10.5. The first-order chi connectivity index (χ1) is 3.75. The molecule has 8 heavy (non-hydrogen) atoms. The van der Waals surface area contributed by atoms with Crippen LogP contribution in [0.2, 0.25) is 0 Å². The molecule has 3 nitrogen and oxygen atoms in total. The van der Waals surface area contributed by atoms with Gasteiger partial charge in [-0.1, -0.05) is 0 Å². The quantitative estimate of drug-likeness (QED) is 0.340. The van der Waals surface area contributed by atoms with Crippen LogP contribution in [-0.4, -0.2) is 37.6 Å². The van der Waals surface area contributed by atoms with Gasteiger partial charge in [-0.15, -0.1) is 0 Å². The van der Waals surface area contributed by atoms with Crippen LogP contribution in [0.3, 0.4) is 0 Å². The predicted molar refractivity (Wildman–Crippen MR) is 28.4 cm³/mol. The van der Waals surface area contributed by atoms with E-state index in [1.54, 1.807) is 0 Å². The fourth-order valence-corrected chi connectivity index (χ4v) is 0.616. The second-order valence-electron chi connectivity index (χ2n) is 1.98. The van der Waals surface area contributed by atoms with Crippen LogP contribution in [0, 0.1) is 0 Å². The first kappa shape index (κ1) is 5.56. The monoisotopic (exact) mass is 115 g/mol. The predicted octanol–water partition coefficient (Wildman–Crippen LogP) is -0.527. The van der Waals surface area contributed by atoms with Gasteiger partial charge >= 0.3 is 5.97 Å². The van der Waals surface area contributed by atoms with Crippen molar-refractivity contribution >= 4 is 5.97 Å². The van der Waals surface area contributed by atoms with Gasteiger partial charge in [0.2, 0.25) is 0 Å². The zero-order valence-electron chi connectivity index (χ0n) is 5.05. The molecule has 1 unspecified atom stereocenters. The summed E-state index contributed by atoms with van der Waals surface area (Å²) in [6, 6.07) is 0.0556. The maximum Gasteiger partial charge on any atom is 0.324 e. The van der Waals surface area contributed by atoms with Gasteiger partial charge < -0.3 is 4.74 Å². The molecule has 1 saturated heterocycles. The number of esters is 1. The molecule has 0 aromatic carbocycles. The molecular formula is C5H9NO2. The molecule has 0 aliphatic carbocycles. The minimum Gasteiger partial charge on any atom is -0.468 e. The van der Waals surface area contributed by atoms with E-state index < -0.39 is 0 Å². The summed E-state index contributed by atoms with van der Waals surface area (Å²) in [5.74, 6) is -0.118. The van der Waals surface area contributed by atoms with E-state index in [0.29, 0.717) is 0 Å². The van der Waals surface area contributed by atoms with Gasteiger partial charge in [0.25, 0.3) is 0 Å². The van der Waals surface area contributed by atoms with Gasteiger partial charge in [-0.2, -0.15) is 0 Å². The maximum absolute atomic E-state index is 10.5. The third-order valence-corrected chi connectivity index (χ3v) is 1.33. The molecule has 1 aliphatic rings. The van der Waals surface area contributed by atoms with Gasteiger partial charge in [0.1, 0.15) is 6.04 Å². The van der Waals surface area contributed by atoms with Crippen molar-refractivity contribution in [1.82, 2.24) is 4.90 Å². The number of carbonyl (C=O) groups is 1. The molecule has 2 atom stereocenters. The zero-order valence-corrected chi connectivity index (χ0v) is 5.05. The van der Waals surface area contributed by atoms with E-state index in [9.17, 15) is 4.79 Å². The molecule has 0 bridgehead atoms. The first-order valence-corrected chi connectivity index (χ1v) is 2.54. The first-order valence-electron chi connectivity index (χ1n) is 2.54. The Bertz CT molecular complexity index is 113. The van der Waals surface area contributed by atoms with Gasteiger partial charge in [-0.05, 0) is 7.05 Å². The fourth-order valence-electron chi connectivity index (χ4n) is 0.616. The topological polar surface area (TPSA) is 29.3 Å². The van der Waals surface area contributed by atoms with Crippen LogP contribution in [0.5, 0.6) is 0 Å². The Labute approximate surface area is 48.2 Å². The highest BCUT2D eigenvalue weighted by Gasteiger charge is 2.37. The minimum atomic E-state index is -0.118. The minimum absolute atomic E-state index is 0.0556. The average Bonchev–Trinajstić information content (AvgIpc) is 2.45. The van der Waals surface area contributed by atoms with E-state index in [1.807, 2.05) is 11.9 Å². The number of carbonyl (C=O) groups excluding carboxylic acids is 1. The Morgan fingerprint density at radius 2 is 2.38 bits per heavy atom. The van der Waals surface area contributed by atoms with Crippen molar-refractivity contribution in [3.05, 3.63) is 0 Å². The third kappa shape index (κ3) is 0.816. The molecule has 0 amide bonds. The van der Waals surface area contributed by atoms with Crippen molar-refractivity contribution in [1.29, 1.82) is 0 Å². The molecule has 1 rings (SSSR count). The molecule has 0 aromatic heterocycles. The summed E-state index contributed by atoms with van der Waals surface area (Å²) in [7, 11) is 3.30. The molecule has 0 N–H and O–H groups in total. The van der Waals surface area contributed by atoms with Gasteiger partial charge in [-0.3, -0.25) is 9.69 Å². The van der Waals surface area contributed by atoms with Gasteiger partial charge in [0.15, 0.2) is 0 Å². The van der Waals surface area contributed by atoms with Crippen LogP contribution in [0.1, 0.15) is 0 Å². The third-order valence-electron chi connectivity index (χ3n) is 1.33. The van der Waals surface area contributed by atoms with Crippen molar-refractivity contribution in [3.8, 4) is 0 Å². The highest BCUT2D eigenvalue weighted by molar-refractivity contribution is 5.78. The van der Waals surface area contributed by atoms with Crippen LogP contribution in [-0.2, 0) is 9.53 Å². The van der Waals surface area contributed by atoms with Crippen LogP contribution in [0.15, 0.2) is 0 Å². The molecule has 0 radical (unpaired) electrons. The number of likely N-dealkylation sites (N-methyl/N-ethyl adjacent to an activating group) is 1. The van der Waals surface area contributed by atoms with E-state index >= 15 is 0 Å². The normalized spacial score (nSPS) is 34.2. The number of hydrogen-bond donors (Lipinski definition) is 0. The van der Waals surface area contributed by atoms with Crippen molar-refractivity contribution in [2.45, 2.75) is 6.04 Å². The summed E-state index contributed by atoms with van der Waals surface area (Å²) in [5.41, 5.74) is 0. The van der Waals surface area contributed by atoms with Gasteiger partial charge in [-0.25, -0.2) is 0 Å². The number of methoxy groups -OCH3 is 1. The molecule has 1 heterocycles. The van der Waals surface area contributed by atoms with E-state index in [2.05, 4.69) is 4.74 Å². The lowest BCUT2D eigenvalue weighted by Gasteiger charge is -1.92. The fraction of sp³-hybridized carbons (Fsp3) is 0.800. The lowest BCUT2D eigenvalue weighted by molar-refractivity contribution is -0.140. The summed E-state index contributed by atoms with van der Waals surface area (Å²) < 4.78 is 4.46. The number of ether oxygens (including phenoxy) is 1. The van der Waals surface area contributed by atoms with Crippen molar-refractivity contribution < 1.29 is 9.53 Å². The molecule has 1 aliphatic heterocycles. The van der Waals surface area contributed by atoms with Crippen LogP contribution >= 0.6 is 0 Å². The van der Waals surface area contributed by atoms with E-state index in [-0.39, 0.29) is 12.0 Å². The van der Waals surface area contributed by atoms with Crippen LogP contribution in [0.4, 0.5) is 0 Å². The molecule has 0 saturated carbocycles. The van der Waals surface area contributed by atoms with Crippen LogP contribution in [0.25, 0.3) is 0 Å². The molecule has 0 spiro atoms. The van der Waals surface area contributed by atoms with Gasteiger partial charge in [0.05, 0.1) is 7.11 Å². The molecular weight excluding hydrogens is 106 g/mol. The largest absolute Gasteiger partial charge is 0.468 e. The SMILES string of the molecule is COC(=O)[C@H]1CN1C. The summed E-state index contributed by atoms with van der Waals surface area (Å²) in [5, 5.41) is 0. The smallest absolute Gasteiger partial charge is 0.324 e. The standard InChI is InChI=1S/C5H9NO2/c1-6-3-4(6)5(7)8-2/h4H,3H2,1-2H3/t4-,6?/m1/s1. The summed E-state index contributed by atoms with van der Waals surface area (Å²) in [6.45, 7) is 0.854.